The smallest absolute Gasteiger partial charge is 0.337 e. The van der Waals surface area contributed by atoms with Crippen molar-refractivity contribution in [1.29, 1.82) is 0 Å². The van der Waals surface area contributed by atoms with Crippen LogP contribution < -0.4 is 10.5 Å². The van der Waals surface area contributed by atoms with Gasteiger partial charge in [-0.2, -0.15) is 0 Å². The lowest BCUT2D eigenvalue weighted by molar-refractivity contribution is 0.0698. The molecule has 0 amide bonds. The number of anilines is 1. The van der Waals surface area contributed by atoms with Crippen molar-refractivity contribution in [3.8, 4) is 16.9 Å². The van der Waals surface area contributed by atoms with Crippen molar-refractivity contribution in [2.45, 2.75) is 0 Å². The molecule has 19 heavy (non-hydrogen) atoms. The molecule has 0 aliphatic rings. The van der Waals surface area contributed by atoms with Gasteiger partial charge < -0.3 is 15.6 Å². The average Bonchev–Trinajstić information content (AvgIpc) is 2.39. The molecular weight excluding hydrogens is 249 g/mol. The maximum atomic E-state index is 14.0. The Balaban J connectivity index is 2.59. The third-order valence-corrected chi connectivity index (χ3v) is 2.80. The van der Waals surface area contributed by atoms with Gasteiger partial charge in [0.25, 0.3) is 0 Å². The topological polar surface area (TPSA) is 72.5 Å². The Bertz CT molecular complexity index is 641. The van der Waals surface area contributed by atoms with Gasteiger partial charge in [0.2, 0.25) is 0 Å². The van der Waals surface area contributed by atoms with Gasteiger partial charge in [0.15, 0.2) is 0 Å². The van der Waals surface area contributed by atoms with Crippen LogP contribution in [0.15, 0.2) is 36.4 Å². The molecule has 0 bridgehead atoms. The number of methoxy groups -OCH3 is 1. The molecule has 0 saturated carbocycles. The van der Waals surface area contributed by atoms with Crippen molar-refractivity contribution in [2.24, 2.45) is 0 Å². The van der Waals surface area contributed by atoms with Crippen LogP contribution in [0.5, 0.6) is 5.75 Å². The molecule has 5 heteroatoms. The Morgan fingerprint density at radius 1 is 1.26 bits per heavy atom. The van der Waals surface area contributed by atoms with Crippen LogP contribution in [0, 0.1) is 5.82 Å². The minimum absolute atomic E-state index is 0.0408. The number of hydrogen-bond donors (Lipinski definition) is 2. The number of nitrogens with two attached hydrogens (primary N) is 1. The van der Waals surface area contributed by atoms with E-state index in [1.807, 2.05) is 0 Å². The van der Waals surface area contributed by atoms with Crippen LogP contribution in [0.3, 0.4) is 0 Å². The predicted molar refractivity (Wildman–Crippen MR) is 69.8 cm³/mol. The zero-order chi connectivity index (χ0) is 14.0. The van der Waals surface area contributed by atoms with Crippen molar-refractivity contribution >= 4 is 11.7 Å². The molecule has 0 fully saturated rings. The van der Waals surface area contributed by atoms with Gasteiger partial charge in [-0.25, -0.2) is 9.18 Å². The zero-order valence-corrected chi connectivity index (χ0v) is 10.2. The molecule has 0 atom stereocenters. The van der Waals surface area contributed by atoms with Crippen LogP contribution in [-0.2, 0) is 0 Å². The standard InChI is InChI=1S/C14H12FNO3/c1-19-8-5-6-9(12(15)7-8)10-3-2-4-11(13(10)16)14(17)18/h2-7H,16H2,1H3,(H,17,18). The van der Waals surface area contributed by atoms with Crippen LogP contribution in [0.25, 0.3) is 11.1 Å². The van der Waals surface area contributed by atoms with E-state index in [4.69, 9.17) is 15.6 Å². The number of para-hydroxylation sites is 1. The summed E-state index contributed by atoms with van der Waals surface area (Å²) in [5.74, 6) is -1.28. The lowest BCUT2D eigenvalue weighted by Crippen LogP contribution is -2.04. The summed E-state index contributed by atoms with van der Waals surface area (Å²) in [5.41, 5.74) is 6.35. The summed E-state index contributed by atoms with van der Waals surface area (Å²) in [5, 5.41) is 8.99. The zero-order valence-electron chi connectivity index (χ0n) is 10.2. The quantitative estimate of drug-likeness (QED) is 0.833. The Morgan fingerprint density at radius 2 is 2.00 bits per heavy atom. The molecule has 0 saturated heterocycles. The SMILES string of the molecule is COc1ccc(-c2cccc(C(=O)O)c2N)c(F)c1. The maximum absolute atomic E-state index is 14.0. The number of benzene rings is 2. The normalized spacial score (nSPS) is 10.2. The first-order chi connectivity index (χ1) is 9.04. The van der Waals surface area contributed by atoms with Gasteiger partial charge in [-0.15, -0.1) is 0 Å². The molecule has 0 heterocycles. The van der Waals surface area contributed by atoms with Gasteiger partial charge >= 0.3 is 5.97 Å². The van der Waals surface area contributed by atoms with Crippen molar-refractivity contribution < 1.29 is 19.0 Å². The molecule has 0 unspecified atom stereocenters. The van der Waals surface area contributed by atoms with Gasteiger partial charge in [0.05, 0.1) is 18.4 Å². The van der Waals surface area contributed by atoms with E-state index in [1.165, 1.54) is 31.4 Å². The first-order valence-electron chi connectivity index (χ1n) is 5.50. The second-order valence-corrected chi connectivity index (χ2v) is 3.92. The highest BCUT2D eigenvalue weighted by Crippen LogP contribution is 2.32. The van der Waals surface area contributed by atoms with Crippen molar-refractivity contribution in [3.05, 3.63) is 47.8 Å². The summed E-state index contributed by atoms with van der Waals surface area (Å²) in [4.78, 5) is 11.0. The number of halogens is 1. The first-order valence-corrected chi connectivity index (χ1v) is 5.50. The number of nitrogen functional groups attached to an aromatic ring is 1. The van der Waals surface area contributed by atoms with Crippen LogP contribution in [0.2, 0.25) is 0 Å². The monoisotopic (exact) mass is 261 g/mol. The number of carbonyl (C=O) groups is 1. The van der Waals surface area contributed by atoms with E-state index in [2.05, 4.69) is 0 Å². The molecule has 2 aromatic rings. The van der Waals surface area contributed by atoms with E-state index in [0.717, 1.165) is 0 Å². The van der Waals surface area contributed by atoms with Crippen molar-refractivity contribution in [1.82, 2.24) is 0 Å². The molecule has 0 aliphatic heterocycles. The van der Waals surface area contributed by atoms with E-state index in [1.54, 1.807) is 12.1 Å². The number of aromatic carboxylic acids is 1. The Hall–Kier alpha value is -2.56. The molecule has 4 nitrogen and oxygen atoms in total. The Morgan fingerprint density at radius 3 is 2.58 bits per heavy atom. The molecule has 3 N–H and O–H groups in total. The van der Waals surface area contributed by atoms with Crippen LogP contribution in [0.1, 0.15) is 10.4 Å². The highest BCUT2D eigenvalue weighted by Gasteiger charge is 2.15. The van der Waals surface area contributed by atoms with Gasteiger partial charge in [-0.05, 0) is 18.2 Å². The number of ether oxygens (including phenoxy) is 1. The summed E-state index contributed by atoms with van der Waals surface area (Å²) >= 11 is 0. The fourth-order valence-corrected chi connectivity index (χ4v) is 1.83. The summed E-state index contributed by atoms with van der Waals surface area (Å²) in [6.45, 7) is 0. The fourth-order valence-electron chi connectivity index (χ4n) is 1.83. The number of carboxylic acid groups (broad SMARTS) is 1. The number of rotatable bonds is 3. The third kappa shape index (κ3) is 2.35. The van der Waals surface area contributed by atoms with Gasteiger partial charge in [0.1, 0.15) is 11.6 Å². The molecular formula is C14H12FNO3. The number of hydrogen-bond acceptors (Lipinski definition) is 3. The highest BCUT2D eigenvalue weighted by atomic mass is 19.1. The third-order valence-electron chi connectivity index (χ3n) is 2.80. The minimum atomic E-state index is -1.15. The Labute approximate surface area is 109 Å². The van der Waals surface area contributed by atoms with Gasteiger partial charge in [-0.1, -0.05) is 12.1 Å². The van der Waals surface area contributed by atoms with Crippen molar-refractivity contribution in [2.75, 3.05) is 12.8 Å². The van der Waals surface area contributed by atoms with Crippen LogP contribution in [0.4, 0.5) is 10.1 Å². The van der Waals surface area contributed by atoms with Crippen LogP contribution >= 0.6 is 0 Å². The van der Waals surface area contributed by atoms with Gasteiger partial charge in [-0.3, -0.25) is 0 Å². The molecule has 0 aromatic heterocycles. The summed E-state index contributed by atoms with van der Waals surface area (Å²) in [6, 6.07) is 8.80. The first kappa shape index (κ1) is 12.9. The van der Waals surface area contributed by atoms with Crippen molar-refractivity contribution in [3.63, 3.8) is 0 Å². The fraction of sp³-hybridized carbons (Fsp3) is 0.0714. The second kappa shape index (κ2) is 4.97. The molecule has 2 aromatic carbocycles. The Kier molecular flexibility index (Phi) is 3.37. The average molecular weight is 261 g/mol. The molecule has 0 aliphatic carbocycles. The lowest BCUT2D eigenvalue weighted by Gasteiger charge is -2.10. The summed E-state index contributed by atoms with van der Waals surface area (Å²) in [6.07, 6.45) is 0. The predicted octanol–water partition coefficient (Wildman–Crippen LogP) is 2.78. The maximum Gasteiger partial charge on any atom is 0.337 e. The van der Waals surface area contributed by atoms with E-state index >= 15 is 0 Å². The summed E-state index contributed by atoms with van der Waals surface area (Å²) in [7, 11) is 1.44. The van der Waals surface area contributed by atoms with E-state index < -0.39 is 11.8 Å². The number of carboxylic acids is 1. The van der Waals surface area contributed by atoms with E-state index in [0.29, 0.717) is 11.3 Å². The minimum Gasteiger partial charge on any atom is -0.497 e. The molecule has 0 radical (unpaired) electrons. The van der Waals surface area contributed by atoms with Gasteiger partial charge in [0, 0.05) is 17.2 Å². The lowest BCUT2D eigenvalue weighted by atomic mass is 9.99. The molecule has 2 rings (SSSR count). The molecule has 0 spiro atoms. The second-order valence-electron chi connectivity index (χ2n) is 3.92. The van der Waals surface area contributed by atoms with E-state index in [-0.39, 0.29) is 16.8 Å². The van der Waals surface area contributed by atoms with Crippen LogP contribution in [-0.4, -0.2) is 18.2 Å². The largest absolute Gasteiger partial charge is 0.497 e. The molecule has 98 valence electrons. The highest BCUT2D eigenvalue weighted by molar-refractivity contribution is 5.98. The van der Waals surface area contributed by atoms with E-state index in [9.17, 15) is 9.18 Å². The summed E-state index contributed by atoms with van der Waals surface area (Å²) < 4.78 is 18.9.